The molecule has 1 N–H and O–H groups in total. The van der Waals surface area contributed by atoms with E-state index >= 15 is 0 Å². The number of likely N-dealkylation sites (tertiary alicyclic amines) is 1. The zero-order valence-electron chi connectivity index (χ0n) is 16.5. The van der Waals surface area contributed by atoms with Crippen molar-refractivity contribution in [1.82, 2.24) is 4.90 Å². The van der Waals surface area contributed by atoms with E-state index in [-0.39, 0.29) is 11.7 Å². The molecule has 2 saturated heterocycles. The van der Waals surface area contributed by atoms with Gasteiger partial charge in [-0.2, -0.15) is 0 Å². The molecule has 4 rings (SSSR count). The number of sulfonamides is 1. The first-order valence-electron chi connectivity index (χ1n) is 10.2. The summed E-state index contributed by atoms with van der Waals surface area (Å²) in [6, 6.07) is 17.6. The van der Waals surface area contributed by atoms with Crippen molar-refractivity contribution < 1.29 is 13.2 Å². The van der Waals surface area contributed by atoms with Crippen molar-refractivity contribution in [1.29, 1.82) is 0 Å². The lowest BCUT2D eigenvalue weighted by atomic mass is 9.89. The lowest BCUT2D eigenvalue weighted by Crippen LogP contribution is -2.38. The molecule has 1 amide bonds. The van der Waals surface area contributed by atoms with Crippen molar-refractivity contribution in [3.63, 3.8) is 0 Å². The SMILES string of the molecule is O=C(CN1CCC(c2ccccc2)CC1)Nc1ccc(N2CCCS2(=O)=O)cc1. The van der Waals surface area contributed by atoms with Gasteiger partial charge < -0.3 is 5.32 Å². The van der Waals surface area contributed by atoms with Gasteiger partial charge in [-0.25, -0.2) is 8.42 Å². The average Bonchev–Trinajstić information content (AvgIpc) is 3.09. The normalized spacial score (nSPS) is 19.9. The largest absolute Gasteiger partial charge is 0.325 e. The Morgan fingerprint density at radius 1 is 0.966 bits per heavy atom. The quantitative estimate of drug-likeness (QED) is 0.818. The number of rotatable bonds is 5. The van der Waals surface area contributed by atoms with Crippen LogP contribution in [-0.2, 0) is 14.8 Å². The molecule has 6 nitrogen and oxygen atoms in total. The second-order valence-corrected chi connectivity index (χ2v) is 9.81. The maximum atomic E-state index is 12.4. The second-order valence-electron chi connectivity index (χ2n) is 7.80. The molecule has 7 heteroatoms. The van der Waals surface area contributed by atoms with Gasteiger partial charge in [-0.05, 0) is 68.1 Å². The smallest absolute Gasteiger partial charge is 0.238 e. The van der Waals surface area contributed by atoms with Crippen molar-refractivity contribution in [2.24, 2.45) is 0 Å². The standard InChI is InChI=1S/C22H27N3O3S/c26-22(17-24-14-11-19(12-15-24)18-5-2-1-3-6-18)23-20-7-9-21(10-8-20)25-13-4-16-29(25,27)28/h1-3,5-10,19H,4,11-17H2,(H,23,26). The summed E-state index contributed by atoms with van der Waals surface area (Å²) in [4.78, 5) is 14.6. The maximum Gasteiger partial charge on any atom is 0.238 e. The molecule has 0 aromatic heterocycles. The lowest BCUT2D eigenvalue weighted by molar-refractivity contribution is -0.117. The van der Waals surface area contributed by atoms with E-state index in [0.29, 0.717) is 36.8 Å². The summed E-state index contributed by atoms with van der Waals surface area (Å²) in [7, 11) is -3.18. The van der Waals surface area contributed by atoms with E-state index in [1.165, 1.54) is 9.87 Å². The lowest BCUT2D eigenvalue weighted by Gasteiger charge is -2.31. The fourth-order valence-electron chi connectivity index (χ4n) is 4.19. The highest BCUT2D eigenvalue weighted by molar-refractivity contribution is 7.93. The molecule has 2 fully saturated rings. The van der Waals surface area contributed by atoms with Crippen molar-refractivity contribution in [3.05, 3.63) is 60.2 Å². The minimum absolute atomic E-state index is 0.0373. The molecule has 0 saturated carbocycles. The number of carbonyl (C=O) groups excluding carboxylic acids is 1. The van der Waals surface area contributed by atoms with Crippen LogP contribution in [-0.4, -0.2) is 51.2 Å². The Morgan fingerprint density at radius 2 is 1.66 bits per heavy atom. The summed E-state index contributed by atoms with van der Waals surface area (Å²) in [5, 5.41) is 2.92. The van der Waals surface area contributed by atoms with Gasteiger partial charge in [-0.1, -0.05) is 30.3 Å². The summed E-state index contributed by atoms with van der Waals surface area (Å²) in [6.45, 7) is 2.73. The van der Waals surface area contributed by atoms with Crippen molar-refractivity contribution >= 4 is 27.3 Å². The number of carbonyl (C=O) groups is 1. The maximum absolute atomic E-state index is 12.4. The van der Waals surface area contributed by atoms with Crippen LogP contribution in [0.2, 0.25) is 0 Å². The van der Waals surface area contributed by atoms with E-state index in [1.54, 1.807) is 24.3 Å². The molecule has 0 unspecified atom stereocenters. The van der Waals surface area contributed by atoms with Gasteiger partial charge in [0, 0.05) is 12.2 Å². The summed E-state index contributed by atoms with van der Waals surface area (Å²) in [5.41, 5.74) is 2.73. The van der Waals surface area contributed by atoms with Crippen LogP contribution >= 0.6 is 0 Å². The molecule has 2 aromatic rings. The number of piperidine rings is 1. The minimum Gasteiger partial charge on any atom is -0.325 e. The van der Waals surface area contributed by atoms with Crippen LogP contribution in [0.15, 0.2) is 54.6 Å². The first-order chi connectivity index (χ1) is 14.0. The monoisotopic (exact) mass is 413 g/mol. The molecule has 2 heterocycles. The van der Waals surface area contributed by atoms with Gasteiger partial charge in [0.05, 0.1) is 18.0 Å². The van der Waals surface area contributed by atoms with E-state index in [1.807, 2.05) is 6.07 Å². The first kappa shape index (κ1) is 19.9. The van der Waals surface area contributed by atoms with Crippen LogP contribution in [0.3, 0.4) is 0 Å². The van der Waals surface area contributed by atoms with Gasteiger partial charge in [0.2, 0.25) is 15.9 Å². The van der Waals surface area contributed by atoms with Crippen LogP contribution < -0.4 is 9.62 Å². The Labute approximate surface area is 172 Å². The van der Waals surface area contributed by atoms with Crippen molar-refractivity contribution in [2.75, 3.05) is 41.6 Å². The number of amides is 1. The van der Waals surface area contributed by atoms with E-state index in [0.717, 1.165) is 25.9 Å². The summed E-state index contributed by atoms with van der Waals surface area (Å²) < 4.78 is 25.5. The number of hydrogen-bond donors (Lipinski definition) is 1. The summed E-state index contributed by atoms with van der Waals surface area (Å²) in [5.74, 6) is 0.738. The molecule has 2 aliphatic rings. The molecule has 154 valence electrons. The summed E-state index contributed by atoms with van der Waals surface area (Å²) >= 11 is 0. The third kappa shape index (κ3) is 4.79. The fourth-order valence-corrected chi connectivity index (χ4v) is 5.76. The Morgan fingerprint density at radius 3 is 2.28 bits per heavy atom. The number of nitrogens with one attached hydrogen (secondary N) is 1. The number of hydrogen-bond acceptors (Lipinski definition) is 4. The van der Waals surface area contributed by atoms with Crippen LogP contribution in [0.4, 0.5) is 11.4 Å². The van der Waals surface area contributed by atoms with Gasteiger partial charge >= 0.3 is 0 Å². The Hall–Kier alpha value is -2.38. The van der Waals surface area contributed by atoms with E-state index in [2.05, 4.69) is 34.5 Å². The van der Waals surface area contributed by atoms with E-state index < -0.39 is 10.0 Å². The van der Waals surface area contributed by atoms with Gasteiger partial charge in [0.1, 0.15) is 0 Å². The molecule has 2 aliphatic heterocycles. The van der Waals surface area contributed by atoms with Gasteiger partial charge in [-0.3, -0.25) is 14.0 Å². The minimum atomic E-state index is -3.18. The third-order valence-corrected chi connectivity index (χ3v) is 7.63. The predicted molar refractivity (Wildman–Crippen MR) is 116 cm³/mol. The van der Waals surface area contributed by atoms with Gasteiger partial charge in [0.15, 0.2) is 0 Å². The highest BCUT2D eigenvalue weighted by atomic mass is 32.2. The van der Waals surface area contributed by atoms with Crippen LogP contribution in [0.1, 0.15) is 30.7 Å². The Kier molecular flexibility index (Phi) is 5.87. The summed E-state index contributed by atoms with van der Waals surface area (Å²) in [6.07, 6.45) is 2.79. The number of anilines is 2. The molecule has 0 spiro atoms. The zero-order chi connectivity index (χ0) is 20.3. The Bertz CT molecular complexity index is 937. The van der Waals surface area contributed by atoms with Gasteiger partial charge in [0.25, 0.3) is 0 Å². The Balaban J connectivity index is 1.27. The van der Waals surface area contributed by atoms with E-state index in [4.69, 9.17) is 0 Å². The van der Waals surface area contributed by atoms with Crippen LogP contribution in [0.5, 0.6) is 0 Å². The first-order valence-corrected chi connectivity index (χ1v) is 11.8. The highest BCUT2D eigenvalue weighted by Gasteiger charge is 2.28. The van der Waals surface area contributed by atoms with Gasteiger partial charge in [-0.15, -0.1) is 0 Å². The number of nitrogens with zero attached hydrogens (tertiary/aromatic N) is 2. The molecule has 29 heavy (non-hydrogen) atoms. The molecule has 0 aliphatic carbocycles. The van der Waals surface area contributed by atoms with Crippen molar-refractivity contribution in [2.45, 2.75) is 25.2 Å². The molecular formula is C22H27N3O3S. The fraction of sp³-hybridized carbons (Fsp3) is 0.409. The molecule has 2 aromatic carbocycles. The molecule has 0 atom stereocenters. The molecular weight excluding hydrogens is 386 g/mol. The highest BCUT2D eigenvalue weighted by Crippen LogP contribution is 2.28. The van der Waals surface area contributed by atoms with Crippen LogP contribution in [0.25, 0.3) is 0 Å². The second kappa shape index (κ2) is 8.55. The number of benzene rings is 2. The van der Waals surface area contributed by atoms with Crippen LogP contribution in [0, 0.1) is 0 Å². The predicted octanol–water partition coefficient (Wildman–Crippen LogP) is 3.04. The zero-order valence-corrected chi connectivity index (χ0v) is 17.3. The van der Waals surface area contributed by atoms with E-state index in [9.17, 15) is 13.2 Å². The third-order valence-electron chi connectivity index (χ3n) is 5.76. The molecule has 0 bridgehead atoms. The van der Waals surface area contributed by atoms with Crippen molar-refractivity contribution in [3.8, 4) is 0 Å². The molecule has 0 radical (unpaired) electrons. The average molecular weight is 414 g/mol. The topological polar surface area (TPSA) is 69.7 Å².